The highest BCUT2D eigenvalue weighted by Gasteiger charge is 2.13. The Morgan fingerprint density at radius 1 is 1.39 bits per heavy atom. The highest BCUT2D eigenvalue weighted by molar-refractivity contribution is 5.70. The molecule has 0 spiro atoms. The molecule has 1 heterocycles. The van der Waals surface area contributed by atoms with Crippen molar-refractivity contribution in [2.24, 2.45) is 5.92 Å². The first-order chi connectivity index (χ1) is 8.70. The molecular formula is C13H17N3O2. The van der Waals surface area contributed by atoms with E-state index in [0.29, 0.717) is 36.3 Å². The second kappa shape index (κ2) is 5.64. The Hall–Kier alpha value is -1.88. The monoisotopic (exact) mass is 247 g/mol. The van der Waals surface area contributed by atoms with Gasteiger partial charge in [-0.25, -0.2) is 0 Å². The first kappa shape index (κ1) is 12.6. The van der Waals surface area contributed by atoms with Crippen molar-refractivity contribution in [3.63, 3.8) is 0 Å². The van der Waals surface area contributed by atoms with Crippen molar-refractivity contribution < 1.29 is 9.26 Å². The average molecular weight is 247 g/mol. The molecule has 2 aromatic rings. The van der Waals surface area contributed by atoms with Gasteiger partial charge in [-0.2, -0.15) is 4.98 Å². The van der Waals surface area contributed by atoms with Crippen LogP contribution in [0.1, 0.15) is 12.8 Å². The Labute approximate surface area is 106 Å². The number of nitrogens with two attached hydrogens (primary N) is 1. The second-order valence-corrected chi connectivity index (χ2v) is 4.36. The number of ether oxygens (including phenoxy) is 1. The summed E-state index contributed by atoms with van der Waals surface area (Å²) in [5, 5.41) is 3.95. The zero-order valence-corrected chi connectivity index (χ0v) is 10.6. The number of benzene rings is 1. The number of rotatable bonds is 5. The normalized spacial score (nSPS) is 12.6. The quantitative estimate of drug-likeness (QED) is 0.819. The van der Waals surface area contributed by atoms with Crippen molar-refractivity contribution in [1.29, 1.82) is 0 Å². The number of hydrogen-bond acceptors (Lipinski definition) is 5. The molecule has 1 atom stereocenters. The van der Waals surface area contributed by atoms with Crippen molar-refractivity contribution in [2.45, 2.75) is 13.3 Å². The van der Waals surface area contributed by atoms with Crippen LogP contribution in [0.3, 0.4) is 0 Å². The molecule has 0 bridgehead atoms. The lowest BCUT2D eigenvalue weighted by Crippen LogP contribution is -2.07. The maximum Gasteiger partial charge on any atom is 0.227 e. The highest BCUT2D eigenvalue weighted by atomic mass is 16.5. The number of nitrogen functional groups attached to an aromatic ring is 1. The first-order valence-electron chi connectivity index (χ1n) is 5.87. The lowest BCUT2D eigenvalue weighted by Gasteiger charge is -2.05. The van der Waals surface area contributed by atoms with Crippen LogP contribution in [0.5, 0.6) is 0 Å². The van der Waals surface area contributed by atoms with Crippen molar-refractivity contribution >= 4 is 5.69 Å². The molecule has 0 radical (unpaired) electrons. The number of methoxy groups -OCH3 is 1. The van der Waals surface area contributed by atoms with Gasteiger partial charge in [-0.1, -0.05) is 24.2 Å². The molecule has 1 aromatic heterocycles. The molecule has 5 heteroatoms. The smallest absolute Gasteiger partial charge is 0.227 e. The molecule has 0 saturated carbocycles. The first-order valence-corrected chi connectivity index (χ1v) is 5.87. The number of aromatic nitrogens is 2. The van der Waals surface area contributed by atoms with Crippen LogP contribution in [-0.2, 0) is 11.2 Å². The fraction of sp³-hybridized carbons (Fsp3) is 0.385. The van der Waals surface area contributed by atoms with Gasteiger partial charge in [-0.3, -0.25) is 0 Å². The molecule has 0 amide bonds. The molecule has 1 aromatic carbocycles. The van der Waals surface area contributed by atoms with Gasteiger partial charge >= 0.3 is 0 Å². The summed E-state index contributed by atoms with van der Waals surface area (Å²) in [5.41, 5.74) is 7.32. The molecule has 96 valence electrons. The molecule has 0 aliphatic carbocycles. The second-order valence-electron chi connectivity index (χ2n) is 4.36. The molecule has 2 rings (SSSR count). The predicted molar refractivity (Wildman–Crippen MR) is 68.9 cm³/mol. The fourth-order valence-corrected chi connectivity index (χ4v) is 1.79. The summed E-state index contributed by atoms with van der Waals surface area (Å²) < 4.78 is 10.3. The van der Waals surface area contributed by atoms with E-state index in [0.717, 1.165) is 5.56 Å². The molecule has 0 saturated heterocycles. The Kier molecular flexibility index (Phi) is 3.94. The fourth-order valence-electron chi connectivity index (χ4n) is 1.79. The van der Waals surface area contributed by atoms with Crippen LogP contribution in [0.25, 0.3) is 11.4 Å². The molecule has 1 unspecified atom stereocenters. The third-order valence-electron chi connectivity index (χ3n) is 2.64. The SMILES string of the molecule is COCC(C)Cc1nc(-c2ccccc2N)no1. The largest absolute Gasteiger partial charge is 0.398 e. The van der Waals surface area contributed by atoms with E-state index in [1.807, 2.05) is 24.3 Å². The molecule has 0 aliphatic rings. The summed E-state index contributed by atoms with van der Waals surface area (Å²) in [7, 11) is 1.68. The van der Waals surface area contributed by atoms with E-state index in [-0.39, 0.29) is 0 Å². The van der Waals surface area contributed by atoms with Gasteiger partial charge in [0.15, 0.2) is 0 Å². The molecule has 0 aliphatic heterocycles. The van der Waals surface area contributed by atoms with E-state index in [4.69, 9.17) is 15.0 Å². The number of para-hydroxylation sites is 1. The lowest BCUT2D eigenvalue weighted by molar-refractivity contribution is 0.155. The summed E-state index contributed by atoms with van der Waals surface area (Å²) in [4.78, 5) is 4.35. The van der Waals surface area contributed by atoms with Gasteiger partial charge in [0, 0.05) is 31.4 Å². The van der Waals surface area contributed by atoms with Gasteiger partial charge in [-0.05, 0) is 18.1 Å². The van der Waals surface area contributed by atoms with Gasteiger partial charge in [0.1, 0.15) is 0 Å². The van der Waals surface area contributed by atoms with Crippen molar-refractivity contribution in [2.75, 3.05) is 19.5 Å². The van der Waals surface area contributed by atoms with Gasteiger partial charge in [0.05, 0.1) is 0 Å². The average Bonchev–Trinajstić information content (AvgIpc) is 2.78. The van der Waals surface area contributed by atoms with Crippen LogP contribution in [0.2, 0.25) is 0 Å². The number of nitrogens with zero attached hydrogens (tertiary/aromatic N) is 2. The van der Waals surface area contributed by atoms with Crippen LogP contribution < -0.4 is 5.73 Å². The Morgan fingerprint density at radius 2 is 2.17 bits per heavy atom. The van der Waals surface area contributed by atoms with E-state index in [1.165, 1.54) is 0 Å². The van der Waals surface area contributed by atoms with Gasteiger partial charge in [0.2, 0.25) is 11.7 Å². The lowest BCUT2D eigenvalue weighted by atomic mass is 10.1. The van der Waals surface area contributed by atoms with E-state index in [1.54, 1.807) is 7.11 Å². The van der Waals surface area contributed by atoms with Crippen molar-refractivity contribution in [1.82, 2.24) is 10.1 Å². The highest BCUT2D eigenvalue weighted by Crippen LogP contribution is 2.22. The third kappa shape index (κ3) is 2.87. The maximum atomic E-state index is 5.87. The Morgan fingerprint density at radius 3 is 2.89 bits per heavy atom. The van der Waals surface area contributed by atoms with Gasteiger partial charge in [0.25, 0.3) is 0 Å². The third-order valence-corrected chi connectivity index (χ3v) is 2.64. The van der Waals surface area contributed by atoms with E-state index in [2.05, 4.69) is 17.1 Å². The minimum Gasteiger partial charge on any atom is -0.398 e. The van der Waals surface area contributed by atoms with E-state index >= 15 is 0 Å². The predicted octanol–water partition coefficient (Wildman–Crippen LogP) is 2.14. The zero-order valence-electron chi connectivity index (χ0n) is 10.6. The van der Waals surface area contributed by atoms with Gasteiger partial charge in [-0.15, -0.1) is 0 Å². The van der Waals surface area contributed by atoms with Crippen molar-refractivity contribution in [3.05, 3.63) is 30.2 Å². The molecule has 18 heavy (non-hydrogen) atoms. The minimum absolute atomic E-state index is 0.344. The van der Waals surface area contributed by atoms with Crippen LogP contribution in [-0.4, -0.2) is 23.9 Å². The number of hydrogen-bond donors (Lipinski definition) is 1. The Bertz CT molecular complexity index is 510. The summed E-state index contributed by atoms with van der Waals surface area (Å²) in [6.45, 7) is 2.75. The topological polar surface area (TPSA) is 74.2 Å². The summed E-state index contributed by atoms with van der Waals surface area (Å²) in [5.74, 6) is 1.49. The van der Waals surface area contributed by atoms with E-state index in [9.17, 15) is 0 Å². The zero-order chi connectivity index (χ0) is 13.0. The molecule has 2 N–H and O–H groups in total. The van der Waals surface area contributed by atoms with Crippen LogP contribution in [0.4, 0.5) is 5.69 Å². The molecular weight excluding hydrogens is 230 g/mol. The summed E-state index contributed by atoms with van der Waals surface area (Å²) in [6, 6.07) is 7.47. The maximum absolute atomic E-state index is 5.87. The van der Waals surface area contributed by atoms with Gasteiger partial charge < -0.3 is 15.0 Å². The number of anilines is 1. The van der Waals surface area contributed by atoms with Crippen LogP contribution >= 0.6 is 0 Å². The molecule has 5 nitrogen and oxygen atoms in total. The Balaban J connectivity index is 2.13. The minimum atomic E-state index is 0.344. The standard InChI is InChI=1S/C13H17N3O2/c1-9(8-17-2)7-12-15-13(16-18-12)10-5-3-4-6-11(10)14/h3-6,9H,7-8,14H2,1-2H3. The molecule has 0 fully saturated rings. The van der Waals surface area contributed by atoms with E-state index < -0.39 is 0 Å². The van der Waals surface area contributed by atoms with Crippen LogP contribution in [0, 0.1) is 5.92 Å². The summed E-state index contributed by atoms with van der Waals surface area (Å²) in [6.07, 6.45) is 0.702. The summed E-state index contributed by atoms with van der Waals surface area (Å²) >= 11 is 0. The van der Waals surface area contributed by atoms with Crippen LogP contribution in [0.15, 0.2) is 28.8 Å². The van der Waals surface area contributed by atoms with Crippen molar-refractivity contribution in [3.8, 4) is 11.4 Å².